The van der Waals surface area contributed by atoms with Crippen LogP contribution in [0.25, 0.3) is 16.6 Å². The quantitative estimate of drug-likeness (QED) is 0.682. The Labute approximate surface area is 166 Å². The van der Waals surface area contributed by atoms with Gasteiger partial charge in [-0.25, -0.2) is 9.36 Å². The van der Waals surface area contributed by atoms with Gasteiger partial charge in [-0.15, -0.1) is 0 Å². The molecule has 1 aliphatic rings. The van der Waals surface area contributed by atoms with Crippen LogP contribution in [-0.2, 0) is 4.79 Å². The first-order chi connectivity index (χ1) is 13.5. The second-order valence-corrected chi connectivity index (χ2v) is 7.43. The molecule has 1 aromatic heterocycles. The average molecular weight is 398 g/mol. The summed E-state index contributed by atoms with van der Waals surface area (Å²) in [5.41, 5.74) is -0.149. The highest BCUT2D eigenvalue weighted by atomic mass is 35.5. The van der Waals surface area contributed by atoms with Crippen LogP contribution in [-0.4, -0.2) is 33.0 Å². The smallest absolute Gasteiger partial charge is 0.336 e. The van der Waals surface area contributed by atoms with E-state index in [0.717, 1.165) is 17.4 Å². The SMILES string of the molecule is CC(C(=O)N1CCCC1)n1c(=O)n(-c2cccc(Cl)c2)c(=O)c2ccccc21. The maximum Gasteiger partial charge on any atom is 0.336 e. The molecule has 3 aromatic rings. The van der Waals surface area contributed by atoms with E-state index < -0.39 is 17.3 Å². The molecule has 0 spiro atoms. The number of fused-ring (bicyclic) bond motifs is 1. The van der Waals surface area contributed by atoms with Crippen LogP contribution in [0.15, 0.2) is 58.1 Å². The predicted octanol–water partition coefficient (Wildman–Crippen LogP) is 2.99. The minimum atomic E-state index is -0.721. The number of benzene rings is 2. The monoisotopic (exact) mass is 397 g/mol. The molecule has 2 aromatic carbocycles. The number of carbonyl (C=O) groups excluding carboxylic acids is 1. The Morgan fingerprint density at radius 1 is 1.04 bits per heavy atom. The molecular weight excluding hydrogens is 378 g/mol. The van der Waals surface area contributed by atoms with Gasteiger partial charge in [-0.05, 0) is 50.1 Å². The lowest BCUT2D eigenvalue weighted by Gasteiger charge is -2.24. The molecule has 1 atom stereocenters. The van der Waals surface area contributed by atoms with Crippen LogP contribution in [0.1, 0.15) is 25.8 Å². The molecule has 2 heterocycles. The lowest BCUT2D eigenvalue weighted by Crippen LogP contribution is -2.44. The summed E-state index contributed by atoms with van der Waals surface area (Å²) in [5.74, 6) is -0.110. The van der Waals surface area contributed by atoms with Crippen molar-refractivity contribution in [2.75, 3.05) is 13.1 Å². The van der Waals surface area contributed by atoms with Crippen molar-refractivity contribution in [3.63, 3.8) is 0 Å². The second-order valence-electron chi connectivity index (χ2n) is 7.00. The number of likely N-dealkylation sites (tertiary alicyclic amines) is 1. The van der Waals surface area contributed by atoms with Crippen LogP contribution < -0.4 is 11.2 Å². The second kappa shape index (κ2) is 7.28. The summed E-state index contributed by atoms with van der Waals surface area (Å²) in [6, 6.07) is 12.7. The van der Waals surface area contributed by atoms with E-state index in [-0.39, 0.29) is 5.91 Å². The van der Waals surface area contributed by atoms with Crippen LogP contribution in [0.2, 0.25) is 5.02 Å². The predicted molar refractivity (Wildman–Crippen MR) is 109 cm³/mol. The Kier molecular flexibility index (Phi) is 4.81. The fourth-order valence-corrected chi connectivity index (χ4v) is 4.00. The molecule has 0 N–H and O–H groups in total. The molecule has 144 valence electrons. The highest BCUT2D eigenvalue weighted by Crippen LogP contribution is 2.19. The van der Waals surface area contributed by atoms with E-state index in [2.05, 4.69) is 0 Å². The van der Waals surface area contributed by atoms with Crippen molar-refractivity contribution >= 4 is 28.4 Å². The molecule has 4 rings (SSSR count). The number of hydrogen-bond donors (Lipinski definition) is 0. The van der Waals surface area contributed by atoms with E-state index in [4.69, 9.17) is 11.6 Å². The van der Waals surface area contributed by atoms with Crippen LogP contribution in [0.4, 0.5) is 0 Å². The van der Waals surface area contributed by atoms with E-state index in [1.807, 2.05) is 0 Å². The third-order valence-electron chi connectivity index (χ3n) is 5.22. The minimum Gasteiger partial charge on any atom is -0.341 e. The lowest BCUT2D eigenvalue weighted by atomic mass is 10.2. The Balaban J connectivity index is 1.99. The lowest BCUT2D eigenvalue weighted by molar-refractivity contribution is -0.133. The molecule has 1 amide bonds. The van der Waals surface area contributed by atoms with Crippen LogP contribution >= 0.6 is 11.6 Å². The van der Waals surface area contributed by atoms with Crippen molar-refractivity contribution in [3.05, 3.63) is 74.4 Å². The van der Waals surface area contributed by atoms with Gasteiger partial charge in [-0.3, -0.25) is 14.2 Å². The van der Waals surface area contributed by atoms with Gasteiger partial charge < -0.3 is 4.90 Å². The van der Waals surface area contributed by atoms with Crippen molar-refractivity contribution in [1.82, 2.24) is 14.0 Å². The zero-order valence-corrected chi connectivity index (χ0v) is 16.2. The molecule has 6 nitrogen and oxygen atoms in total. The number of hydrogen-bond acceptors (Lipinski definition) is 3. The van der Waals surface area contributed by atoms with Crippen LogP contribution in [0, 0.1) is 0 Å². The van der Waals surface area contributed by atoms with E-state index in [9.17, 15) is 14.4 Å². The summed E-state index contributed by atoms with van der Waals surface area (Å²) in [6.45, 7) is 3.11. The van der Waals surface area contributed by atoms with Gasteiger partial charge in [0.25, 0.3) is 5.56 Å². The van der Waals surface area contributed by atoms with Gasteiger partial charge in [0.2, 0.25) is 5.91 Å². The van der Waals surface area contributed by atoms with Gasteiger partial charge in [0.05, 0.1) is 16.6 Å². The van der Waals surface area contributed by atoms with Crippen molar-refractivity contribution in [3.8, 4) is 5.69 Å². The Morgan fingerprint density at radius 3 is 2.46 bits per heavy atom. The normalized spacial score (nSPS) is 15.1. The van der Waals surface area contributed by atoms with Gasteiger partial charge in [-0.1, -0.05) is 29.8 Å². The van der Waals surface area contributed by atoms with E-state index in [1.54, 1.807) is 60.4 Å². The van der Waals surface area contributed by atoms with Gasteiger partial charge in [0.15, 0.2) is 0 Å². The summed E-state index contributed by atoms with van der Waals surface area (Å²) in [4.78, 5) is 41.2. The average Bonchev–Trinajstić information content (AvgIpc) is 3.22. The maximum absolute atomic E-state index is 13.4. The van der Waals surface area contributed by atoms with E-state index >= 15 is 0 Å². The molecule has 1 unspecified atom stereocenters. The summed E-state index contributed by atoms with van der Waals surface area (Å²) < 4.78 is 2.50. The van der Waals surface area contributed by atoms with E-state index in [1.165, 1.54) is 4.57 Å². The third kappa shape index (κ3) is 3.03. The molecular formula is C21H20ClN3O3. The largest absolute Gasteiger partial charge is 0.341 e. The molecule has 28 heavy (non-hydrogen) atoms. The summed E-state index contributed by atoms with van der Waals surface area (Å²) in [5, 5.41) is 0.799. The highest BCUT2D eigenvalue weighted by Gasteiger charge is 2.27. The van der Waals surface area contributed by atoms with Crippen LogP contribution in [0.3, 0.4) is 0 Å². The number of rotatable bonds is 3. The Morgan fingerprint density at radius 2 is 1.75 bits per heavy atom. The first kappa shape index (κ1) is 18.5. The number of carbonyl (C=O) groups is 1. The van der Waals surface area contributed by atoms with Crippen molar-refractivity contribution in [1.29, 1.82) is 0 Å². The number of para-hydroxylation sites is 1. The standard InChI is InChI=1S/C21H20ClN3O3/c1-14(19(26)23-11-4-5-12-23)24-18-10-3-2-9-17(18)20(27)25(21(24)28)16-8-6-7-15(22)13-16/h2-3,6-10,13-14H,4-5,11-12H2,1H3. The topological polar surface area (TPSA) is 64.3 Å². The van der Waals surface area contributed by atoms with Crippen LogP contribution in [0.5, 0.6) is 0 Å². The Bertz CT molecular complexity index is 1180. The molecule has 0 aliphatic carbocycles. The van der Waals surface area contributed by atoms with Crippen molar-refractivity contribution in [2.24, 2.45) is 0 Å². The van der Waals surface area contributed by atoms with Gasteiger partial charge in [0.1, 0.15) is 6.04 Å². The van der Waals surface area contributed by atoms with Gasteiger partial charge >= 0.3 is 5.69 Å². The molecule has 0 saturated carbocycles. The molecule has 1 aliphatic heterocycles. The zero-order valence-electron chi connectivity index (χ0n) is 15.5. The zero-order chi connectivity index (χ0) is 19.8. The first-order valence-corrected chi connectivity index (χ1v) is 9.68. The maximum atomic E-state index is 13.4. The summed E-state index contributed by atoms with van der Waals surface area (Å²) >= 11 is 6.07. The molecule has 1 saturated heterocycles. The van der Waals surface area contributed by atoms with Crippen molar-refractivity contribution in [2.45, 2.75) is 25.8 Å². The number of nitrogens with zero attached hydrogens (tertiary/aromatic N) is 3. The Hall–Kier alpha value is -2.86. The number of aromatic nitrogens is 2. The molecule has 0 bridgehead atoms. The number of halogens is 1. The molecule has 7 heteroatoms. The fourth-order valence-electron chi connectivity index (χ4n) is 3.81. The highest BCUT2D eigenvalue weighted by molar-refractivity contribution is 6.30. The van der Waals surface area contributed by atoms with E-state index in [0.29, 0.717) is 34.7 Å². The van der Waals surface area contributed by atoms with Crippen molar-refractivity contribution < 1.29 is 4.79 Å². The summed E-state index contributed by atoms with van der Waals surface area (Å²) in [6.07, 6.45) is 1.94. The third-order valence-corrected chi connectivity index (χ3v) is 5.46. The summed E-state index contributed by atoms with van der Waals surface area (Å²) in [7, 11) is 0. The molecule has 1 fully saturated rings. The minimum absolute atomic E-state index is 0.110. The van der Waals surface area contributed by atoms with Gasteiger partial charge in [0, 0.05) is 18.1 Å². The number of amides is 1. The molecule has 0 radical (unpaired) electrons. The fraction of sp³-hybridized carbons (Fsp3) is 0.286. The van der Waals surface area contributed by atoms with Gasteiger partial charge in [-0.2, -0.15) is 0 Å². The first-order valence-electron chi connectivity index (χ1n) is 9.30.